The lowest BCUT2D eigenvalue weighted by molar-refractivity contribution is 0.198. The van der Waals surface area contributed by atoms with Crippen molar-refractivity contribution >= 4 is 0 Å². The van der Waals surface area contributed by atoms with Crippen molar-refractivity contribution in [2.24, 2.45) is 0 Å². The molecule has 0 bridgehead atoms. The van der Waals surface area contributed by atoms with Gasteiger partial charge >= 0.3 is 0 Å². The molecule has 1 N–H and O–H groups in total. The van der Waals surface area contributed by atoms with Crippen LogP contribution in [0.15, 0.2) is 24.3 Å². The third-order valence-electron chi connectivity index (χ3n) is 4.65. The van der Waals surface area contributed by atoms with Gasteiger partial charge in [-0.25, -0.2) is 4.39 Å². The van der Waals surface area contributed by atoms with Crippen LogP contribution >= 0.6 is 0 Å². The molecule has 1 atom stereocenters. The molecule has 1 aliphatic rings. The minimum Gasteiger partial charge on any atom is -0.309 e. The van der Waals surface area contributed by atoms with E-state index in [1.807, 2.05) is 12.1 Å². The molecule has 0 heterocycles. The molecule has 1 aromatic rings. The second kappa shape index (κ2) is 8.50. The second-order valence-electron chi connectivity index (χ2n) is 6.22. The van der Waals surface area contributed by atoms with E-state index >= 15 is 0 Å². The molecular formula is C18H29FN2. The topological polar surface area (TPSA) is 15.3 Å². The molecule has 1 fully saturated rings. The number of hydrogen-bond acceptors (Lipinski definition) is 2. The molecule has 3 heteroatoms. The first-order valence-electron chi connectivity index (χ1n) is 8.40. The third kappa shape index (κ3) is 4.79. The number of hydrogen-bond donors (Lipinski definition) is 1. The molecule has 0 amide bonds. The molecule has 0 aliphatic heterocycles. The van der Waals surface area contributed by atoms with Crippen LogP contribution in [0, 0.1) is 5.82 Å². The molecule has 118 valence electrons. The summed E-state index contributed by atoms with van der Waals surface area (Å²) < 4.78 is 14.1. The summed E-state index contributed by atoms with van der Waals surface area (Å²) in [5.74, 6) is -0.0993. The van der Waals surface area contributed by atoms with Gasteiger partial charge in [0.25, 0.3) is 0 Å². The minimum atomic E-state index is -0.0993. The first-order chi connectivity index (χ1) is 10.2. The smallest absolute Gasteiger partial charge is 0.128 e. The Bertz CT molecular complexity index is 413. The number of nitrogens with one attached hydrogen (secondary N) is 1. The normalized spacial score (nSPS) is 18.7. The van der Waals surface area contributed by atoms with E-state index in [-0.39, 0.29) is 11.9 Å². The van der Waals surface area contributed by atoms with Crippen LogP contribution in [0.3, 0.4) is 0 Å². The quantitative estimate of drug-likeness (QED) is 0.793. The zero-order valence-corrected chi connectivity index (χ0v) is 13.4. The van der Waals surface area contributed by atoms with E-state index < -0.39 is 0 Å². The monoisotopic (exact) mass is 292 g/mol. The highest BCUT2D eigenvalue weighted by Gasteiger charge is 2.22. The maximum Gasteiger partial charge on any atom is 0.128 e. The average Bonchev–Trinajstić information content (AvgIpc) is 2.76. The fourth-order valence-corrected chi connectivity index (χ4v) is 3.41. The van der Waals surface area contributed by atoms with Gasteiger partial charge in [0.2, 0.25) is 0 Å². The van der Waals surface area contributed by atoms with Crippen LogP contribution < -0.4 is 5.32 Å². The summed E-state index contributed by atoms with van der Waals surface area (Å²) in [5, 5.41) is 3.44. The lowest BCUT2D eigenvalue weighted by Crippen LogP contribution is -2.39. The summed E-state index contributed by atoms with van der Waals surface area (Å²) in [6.07, 6.45) is 7.98. The molecule has 0 radical (unpaired) electrons. The van der Waals surface area contributed by atoms with E-state index in [0.29, 0.717) is 6.04 Å². The van der Waals surface area contributed by atoms with Crippen LogP contribution in [-0.4, -0.2) is 31.1 Å². The Morgan fingerprint density at radius 3 is 2.48 bits per heavy atom. The van der Waals surface area contributed by atoms with Crippen LogP contribution in [0.25, 0.3) is 0 Å². The average molecular weight is 292 g/mol. The highest BCUT2D eigenvalue weighted by Crippen LogP contribution is 2.24. The van der Waals surface area contributed by atoms with E-state index in [1.54, 1.807) is 12.1 Å². The van der Waals surface area contributed by atoms with Crippen molar-refractivity contribution in [3.63, 3.8) is 0 Å². The van der Waals surface area contributed by atoms with Crippen LogP contribution in [-0.2, 0) is 0 Å². The molecule has 1 aliphatic carbocycles. The summed E-state index contributed by atoms with van der Waals surface area (Å²) in [7, 11) is 2.20. The number of benzene rings is 1. The number of likely N-dealkylation sites (N-methyl/N-ethyl adjacent to an activating group) is 2. The van der Waals surface area contributed by atoms with Gasteiger partial charge in [-0.15, -0.1) is 0 Å². The minimum absolute atomic E-state index is 0.0736. The largest absolute Gasteiger partial charge is 0.309 e. The van der Waals surface area contributed by atoms with Gasteiger partial charge < -0.3 is 10.2 Å². The van der Waals surface area contributed by atoms with Crippen LogP contribution in [0.4, 0.5) is 4.39 Å². The summed E-state index contributed by atoms with van der Waals surface area (Å²) in [6.45, 7) is 3.82. The Morgan fingerprint density at radius 1 is 1.19 bits per heavy atom. The van der Waals surface area contributed by atoms with Crippen molar-refractivity contribution in [1.29, 1.82) is 0 Å². The maximum atomic E-state index is 14.1. The Balaban J connectivity index is 2.03. The zero-order chi connectivity index (χ0) is 15.1. The molecule has 1 aromatic carbocycles. The van der Waals surface area contributed by atoms with Gasteiger partial charge in [-0.2, -0.15) is 0 Å². The number of nitrogens with zero attached hydrogens (tertiary/aromatic N) is 1. The lowest BCUT2D eigenvalue weighted by atomic mass is 10.0. The fourth-order valence-electron chi connectivity index (χ4n) is 3.41. The molecule has 21 heavy (non-hydrogen) atoms. The molecule has 1 saturated carbocycles. The highest BCUT2D eigenvalue weighted by molar-refractivity contribution is 5.21. The van der Waals surface area contributed by atoms with E-state index in [2.05, 4.69) is 24.2 Å². The molecular weight excluding hydrogens is 263 g/mol. The second-order valence-corrected chi connectivity index (χ2v) is 6.22. The SMILES string of the molecule is CCNC(CN(C)C1CCCCCC1)c1ccccc1F. The van der Waals surface area contributed by atoms with Gasteiger partial charge in [0.05, 0.1) is 0 Å². The summed E-state index contributed by atoms with van der Waals surface area (Å²) in [6, 6.07) is 7.88. The van der Waals surface area contributed by atoms with Gasteiger partial charge in [-0.3, -0.25) is 0 Å². The van der Waals surface area contributed by atoms with Crippen molar-refractivity contribution in [1.82, 2.24) is 10.2 Å². The van der Waals surface area contributed by atoms with Gasteiger partial charge in [-0.1, -0.05) is 50.8 Å². The lowest BCUT2D eigenvalue weighted by Gasteiger charge is -2.31. The first kappa shape index (κ1) is 16.4. The zero-order valence-electron chi connectivity index (χ0n) is 13.4. The van der Waals surface area contributed by atoms with Crippen molar-refractivity contribution < 1.29 is 4.39 Å². The molecule has 0 aromatic heterocycles. The summed E-state index contributed by atoms with van der Waals surface area (Å²) >= 11 is 0. The van der Waals surface area contributed by atoms with Crippen LogP contribution in [0.5, 0.6) is 0 Å². The first-order valence-corrected chi connectivity index (χ1v) is 8.40. The van der Waals surface area contributed by atoms with Gasteiger partial charge in [0.1, 0.15) is 5.82 Å². The Kier molecular flexibility index (Phi) is 6.65. The molecule has 0 saturated heterocycles. The molecule has 1 unspecified atom stereocenters. The van der Waals surface area contributed by atoms with Crippen LogP contribution in [0.2, 0.25) is 0 Å². The predicted molar refractivity (Wildman–Crippen MR) is 86.9 cm³/mol. The maximum absolute atomic E-state index is 14.1. The van der Waals surface area contributed by atoms with E-state index in [0.717, 1.165) is 18.7 Å². The van der Waals surface area contributed by atoms with Crippen molar-refractivity contribution in [2.45, 2.75) is 57.5 Å². The van der Waals surface area contributed by atoms with Gasteiger partial charge in [0, 0.05) is 24.2 Å². The molecule has 0 spiro atoms. The standard InChI is InChI=1S/C18H29FN2/c1-3-20-18(16-12-8-9-13-17(16)19)14-21(2)15-10-6-4-5-7-11-15/h8-9,12-13,15,18,20H,3-7,10-11,14H2,1-2H3. The van der Waals surface area contributed by atoms with E-state index in [9.17, 15) is 4.39 Å². The number of rotatable bonds is 6. The predicted octanol–water partition coefficient (Wildman–Crippen LogP) is 4.13. The molecule has 2 rings (SSSR count). The molecule has 2 nitrogen and oxygen atoms in total. The van der Waals surface area contributed by atoms with E-state index in [1.165, 1.54) is 38.5 Å². The Morgan fingerprint density at radius 2 is 1.86 bits per heavy atom. The van der Waals surface area contributed by atoms with Gasteiger partial charge in [-0.05, 0) is 32.5 Å². The Labute approximate surface area is 128 Å². The summed E-state index contributed by atoms with van der Waals surface area (Å²) in [5.41, 5.74) is 0.792. The van der Waals surface area contributed by atoms with E-state index in [4.69, 9.17) is 0 Å². The third-order valence-corrected chi connectivity index (χ3v) is 4.65. The summed E-state index contributed by atoms with van der Waals surface area (Å²) in [4.78, 5) is 2.44. The van der Waals surface area contributed by atoms with Crippen molar-refractivity contribution in [2.75, 3.05) is 20.1 Å². The van der Waals surface area contributed by atoms with Crippen molar-refractivity contribution in [3.8, 4) is 0 Å². The fraction of sp³-hybridized carbons (Fsp3) is 0.667. The number of halogens is 1. The van der Waals surface area contributed by atoms with Crippen molar-refractivity contribution in [3.05, 3.63) is 35.6 Å². The van der Waals surface area contributed by atoms with Gasteiger partial charge in [0.15, 0.2) is 0 Å². The van der Waals surface area contributed by atoms with Crippen LogP contribution in [0.1, 0.15) is 57.1 Å². The Hall–Kier alpha value is -0.930. The highest BCUT2D eigenvalue weighted by atomic mass is 19.1.